The summed E-state index contributed by atoms with van der Waals surface area (Å²) in [7, 11) is 0. The summed E-state index contributed by atoms with van der Waals surface area (Å²) in [6, 6.07) is 34.3. The molecule has 0 unspecified atom stereocenters. The molecule has 0 aromatic heterocycles. The van der Waals surface area contributed by atoms with Crippen LogP contribution in [0.5, 0.6) is 0 Å². The number of nitrogens with one attached hydrogen (secondary N) is 4. The molecule has 34 heavy (non-hydrogen) atoms. The van der Waals surface area contributed by atoms with E-state index in [-0.39, 0.29) is 11.8 Å². The minimum atomic E-state index is -0.388. The third kappa shape index (κ3) is 6.83. The lowest BCUT2D eigenvalue weighted by Gasteiger charge is -2.08. The van der Waals surface area contributed by atoms with Gasteiger partial charge in [0.05, 0.1) is 0 Å². The maximum absolute atomic E-state index is 12.2. The number of carbonyl (C=O) groups is 2. The molecular weight excluding hydrogens is 424 g/mol. The van der Waals surface area contributed by atoms with E-state index in [0.717, 1.165) is 22.7 Å². The zero-order chi connectivity index (χ0) is 23.6. The molecule has 0 aliphatic carbocycles. The first-order valence-corrected chi connectivity index (χ1v) is 10.8. The van der Waals surface area contributed by atoms with Gasteiger partial charge in [-0.2, -0.15) is 0 Å². The topological polar surface area (TPSA) is 82.3 Å². The Hall–Kier alpha value is -4.84. The second kappa shape index (κ2) is 11.2. The van der Waals surface area contributed by atoms with Crippen LogP contribution < -0.4 is 21.3 Å². The van der Waals surface area contributed by atoms with Crippen LogP contribution in [-0.2, 0) is 9.59 Å². The average molecular weight is 449 g/mol. The third-order valence-corrected chi connectivity index (χ3v) is 4.82. The van der Waals surface area contributed by atoms with Crippen LogP contribution in [-0.4, -0.2) is 11.8 Å². The molecule has 0 fully saturated rings. The molecule has 4 rings (SSSR count). The molecule has 0 saturated heterocycles. The van der Waals surface area contributed by atoms with Crippen molar-refractivity contribution in [1.82, 2.24) is 0 Å². The van der Waals surface area contributed by atoms with Gasteiger partial charge in [0.25, 0.3) is 0 Å². The molecule has 6 heteroatoms. The predicted molar refractivity (Wildman–Crippen MR) is 139 cm³/mol. The first-order valence-electron chi connectivity index (χ1n) is 10.8. The molecule has 168 valence electrons. The molecule has 4 N–H and O–H groups in total. The Morgan fingerprint density at radius 1 is 0.412 bits per heavy atom. The SMILES string of the molecule is O=C(/C=C\C(=O)Nc1ccc(Nc2ccccc2)cc1)Nc1ccc(Nc2ccccc2)cc1. The summed E-state index contributed by atoms with van der Waals surface area (Å²) >= 11 is 0. The van der Waals surface area contributed by atoms with Gasteiger partial charge in [-0.25, -0.2) is 0 Å². The van der Waals surface area contributed by atoms with E-state index in [2.05, 4.69) is 21.3 Å². The van der Waals surface area contributed by atoms with Crippen molar-refractivity contribution in [2.24, 2.45) is 0 Å². The number of para-hydroxylation sites is 2. The number of amides is 2. The Labute approximate surface area is 198 Å². The number of hydrogen-bond donors (Lipinski definition) is 4. The van der Waals surface area contributed by atoms with E-state index in [1.807, 2.05) is 84.9 Å². The third-order valence-electron chi connectivity index (χ3n) is 4.82. The fourth-order valence-corrected chi connectivity index (χ4v) is 3.17. The van der Waals surface area contributed by atoms with E-state index in [1.165, 1.54) is 12.2 Å². The van der Waals surface area contributed by atoms with E-state index in [9.17, 15) is 9.59 Å². The van der Waals surface area contributed by atoms with Gasteiger partial charge in [0, 0.05) is 46.3 Å². The van der Waals surface area contributed by atoms with Crippen LogP contribution in [0.4, 0.5) is 34.1 Å². The fraction of sp³-hybridized carbons (Fsp3) is 0. The summed E-state index contributed by atoms with van der Waals surface area (Å²) in [5.74, 6) is -0.775. The molecule has 2 amide bonds. The van der Waals surface area contributed by atoms with Crippen LogP contribution >= 0.6 is 0 Å². The maximum atomic E-state index is 12.2. The van der Waals surface area contributed by atoms with Gasteiger partial charge in [-0.05, 0) is 72.8 Å². The number of carbonyl (C=O) groups excluding carboxylic acids is 2. The maximum Gasteiger partial charge on any atom is 0.248 e. The largest absolute Gasteiger partial charge is 0.356 e. The lowest BCUT2D eigenvalue weighted by Crippen LogP contribution is -2.12. The second-order valence-electron chi connectivity index (χ2n) is 7.45. The molecule has 0 heterocycles. The first kappa shape index (κ1) is 22.4. The Morgan fingerprint density at radius 2 is 0.706 bits per heavy atom. The molecular formula is C28H24N4O2. The normalized spacial score (nSPS) is 10.5. The highest BCUT2D eigenvalue weighted by atomic mass is 16.2. The molecule has 0 radical (unpaired) electrons. The van der Waals surface area contributed by atoms with Crippen molar-refractivity contribution in [3.05, 3.63) is 121 Å². The van der Waals surface area contributed by atoms with Crippen molar-refractivity contribution >= 4 is 45.9 Å². The average Bonchev–Trinajstić information content (AvgIpc) is 2.86. The smallest absolute Gasteiger partial charge is 0.248 e. The monoisotopic (exact) mass is 448 g/mol. The summed E-state index contributed by atoms with van der Waals surface area (Å²) in [6.07, 6.45) is 2.41. The Balaban J connectivity index is 1.24. The Morgan fingerprint density at radius 3 is 1.06 bits per heavy atom. The Kier molecular flexibility index (Phi) is 7.33. The van der Waals surface area contributed by atoms with Crippen LogP contribution in [0.3, 0.4) is 0 Å². The van der Waals surface area contributed by atoms with Crippen LogP contribution in [0.2, 0.25) is 0 Å². The molecule has 4 aromatic carbocycles. The van der Waals surface area contributed by atoms with Crippen LogP contribution in [0.25, 0.3) is 0 Å². The molecule has 0 bridgehead atoms. The highest BCUT2D eigenvalue weighted by molar-refractivity contribution is 6.07. The van der Waals surface area contributed by atoms with Gasteiger partial charge < -0.3 is 21.3 Å². The minimum Gasteiger partial charge on any atom is -0.356 e. The van der Waals surface area contributed by atoms with Crippen molar-refractivity contribution in [2.75, 3.05) is 21.3 Å². The van der Waals surface area contributed by atoms with Crippen molar-refractivity contribution < 1.29 is 9.59 Å². The van der Waals surface area contributed by atoms with E-state index in [1.54, 1.807) is 24.3 Å². The van der Waals surface area contributed by atoms with E-state index >= 15 is 0 Å². The summed E-state index contributed by atoms with van der Waals surface area (Å²) in [4.78, 5) is 24.3. The number of rotatable bonds is 8. The van der Waals surface area contributed by atoms with Crippen LogP contribution in [0.15, 0.2) is 121 Å². The lowest BCUT2D eigenvalue weighted by atomic mass is 10.2. The highest BCUT2D eigenvalue weighted by Gasteiger charge is 2.02. The molecule has 6 nitrogen and oxygen atoms in total. The highest BCUT2D eigenvalue weighted by Crippen LogP contribution is 2.20. The minimum absolute atomic E-state index is 0.388. The number of benzene rings is 4. The molecule has 0 aliphatic rings. The second-order valence-corrected chi connectivity index (χ2v) is 7.45. The van der Waals surface area contributed by atoms with Crippen molar-refractivity contribution in [3.63, 3.8) is 0 Å². The lowest BCUT2D eigenvalue weighted by molar-refractivity contribution is -0.114. The van der Waals surface area contributed by atoms with E-state index in [0.29, 0.717) is 11.4 Å². The zero-order valence-corrected chi connectivity index (χ0v) is 18.4. The van der Waals surface area contributed by atoms with Gasteiger partial charge in [0.15, 0.2) is 0 Å². The summed E-state index contributed by atoms with van der Waals surface area (Å²) in [6.45, 7) is 0. The quantitative estimate of drug-likeness (QED) is 0.238. The zero-order valence-electron chi connectivity index (χ0n) is 18.4. The predicted octanol–water partition coefficient (Wildman–Crippen LogP) is 6.31. The molecule has 4 aromatic rings. The van der Waals surface area contributed by atoms with Crippen molar-refractivity contribution in [3.8, 4) is 0 Å². The summed E-state index contributed by atoms with van der Waals surface area (Å²) in [5, 5.41) is 12.0. The molecule has 0 aliphatic heterocycles. The van der Waals surface area contributed by atoms with Gasteiger partial charge in [-0.1, -0.05) is 36.4 Å². The number of anilines is 6. The molecule has 0 spiro atoms. The van der Waals surface area contributed by atoms with Crippen LogP contribution in [0, 0.1) is 0 Å². The molecule has 0 atom stereocenters. The van der Waals surface area contributed by atoms with Crippen LogP contribution in [0.1, 0.15) is 0 Å². The van der Waals surface area contributed by atoms with Gasteiger partial charge in [0.1, 0.15) is 0 Å². The summed E-state index contributed by atoms with van der Waals surface area (Å²) < 4.78 is 0. The van der Waals surface area contributed by atoms with E-state index in [4.69, 9.17) is 0 Å². The fourth-order valence-electron chi connectivity index (χ4n) is 3.17. The van der Waals surface area contributed by atoms with Gasteiger partial charge >= 0.3 is 0 Å². The van der Waals surface area contributed by atoms with E-state index < -0.39 is 0 Å². The van der Waals surface area contributed by atoms with Crippen molar-refractivity contribution in [1.29, 1.82) is 0 Å². The van der Waals surface area contributed by atoms with Gasteiger partial charge in [-0.3, -0.25) is 9.59 Å². The van der Waals surface area contributed by atoms with Gasteiger partial charge in [-0.15, -0.1) is 0 Å². The Bertz CT molecular complexity index is 1150. The summed E-state index contributed by atoms with van der Waals surface area (Å²) in [5.41, 5.74) is 5.05. The standard InChI is InChI=1S/C28H24N4O2/c33-27(31-25-15-11-23(12-16-25)29-21-7-3-1-4-8-21)19-20-28(34)32-26-17-13-24(14-18-26)30-22-9-5-2-6-10-22/h1-20,29-30H,(H,31,33)(H,32,34)/b20-19-. The first-order chi connectivity index (χ1) is 16.6. The van der Waals surface area contributed by atoms with Gasteiger partial charge in [0.2, 0.25) is 11.8 Å². The number of hydrogen-bond acceptors (Lipinski definition) is 4. The van der Waals surface area contributed by atoms with Crippen molar-refractivity contribution in [2.45, 2.75) is 0 Å². The molecule has 0 saturated carbocycles.